The van der Waals surface area contributed by atoms with Crippen molar-refractivity contribution < 1.29 is 4.79 Å². The Hall–Kier alpha value is -3.61. The number of fused-ring (bicyclic) bond motifs is 2. The summed E-state index contributed by atoms with van der Waals surface area (Å²) in [5, 5.41) is 2.35. The van der Waals surface area contributed by atoms with Gasteiger partial charge in [0.1, 0.15) is 0 Å². The first-order valence-corrected chi connectivity index (χ1v) is 11.0. The number of nitrogens with zero attached hydrogens (tertiary/aromatic N) is 5. The minimum Gasteiger partial charge on any atom is -0.331 e. The summed E-state index contributed by atoms with van der Waals surface area (Å²) in [6, 6.07) is 16.7. The van der Waals surface area contributed by atoms with Crippen molar-refractivity contribution in [1.29, 1.82) is 0 Å². The van der Waals surface area contributed by atoms with Crippen LogP contribution in [-0.2, 0) is 7.05 Å². The highest BCUT2D eigenvalue weighted by Crippen LogP contribution is 2.32. The van der Waals surface area contributed by atoms with E-state index < -0.39 is 0 Å². The van der Waals surface area contributed by atoms with Gasteiger partial charge in [-0.3, -0.25) is 9.13 Å². The molecule has 0 atom stereocenters. The Morgan fingerprint density at radius 1 is 1.03 bits per heavy atom. The van der Waals surface area contributed by atoms with Gasteiger partial charge in [0.25, 0.3) is 0 Å². The molecule has 0 bridgehead atoms. The van der Waals surface area contributed by atoms with Crippen molar-refractivity contribution in [3.05, 3.63) is 65.2 Å². The van der Waals surface area contributed by atoms with E-state index in [1.54, 1.807) is 29.8 Å². The summed E-state index contributed by atoms with van der Waals surface area (Å²) in [4.78, 5) is 33.7. The van der Waals surface area contributed by atoms with Crippen molar-refractivity contribution in [1.82, 2.24) is 23.9 Å². The monoisotopic (exact) mass is 429 g/mol. The molecule has 0 N–H and O–H groups in total. The molecule has 0 spiro atoms. The third-order valence-corrected chi connectivity index (χ3v) is 6.50. The lowest BCUT2D eigenvalue weighted by Gasteiger charge is -2.33. The maximum atomic E-state index is 13.3. The first-order valence-electron chi connectivity index (χ1n) is 11.0. The molecule has 164 valence electrons. The zero-order valence-electron chi connectivity index (χ0n) is 18.7. The Labute approximate surface area is 186 Å². The average molecular weight is 430 g/mol. The highest BCUT2D eigenvalue weighted by Gasteiger charge is 2.28. The van der Waals surface area contributed by atoms with Gasteiger partial charge in [0, 0.05) is 52.0 Å². The highest BCUT2D eigenvalue weighted by molar-refractivity contribution is 5.94. The Bertz CT molecular complexity index is 1380. The molecule has 32 heavy (non-hydrogen) atoms. The first-order chi connectivity index (χ1) is 15.5. The molecule has 7 heteroatoms. The molecular weight excluding hydrogens is 402 g/mol. The highest BCUT2D eigenvalue weighted by atomic mass is 16.2. The van der Waals surface area contributed by atoms with Gasteiger partial charge in [0.15, 0.2) is 5.65 Å². The van der Waals surface area contributed by atoms with Crippen LogP contribution in [-0.4, -0.2) is 57.1 Å². The lowest BCUT2D eigenvalue weighted by atomic mass is 10.0. The van der Waals surface area contributed by atoms with Crippen LogP contribution < -0.4 is 5.69 Å². The van der Waals surface area contributed by atoms with Gasteiger partial charge in [0.05, 0.1) is 5.52 Å². The van der Waals surface area contributed by atoms with E-state index in [4.69, 9.17) is 0 Å². The Balaban J connectivity index is 1.56. The van der Waals surface area contributed by atoms with Crippen molar-refractivity contribution in [2.45, 2.75) is 18.9 Å². The lowest BCUT2D eigenvalue weighted by Crippen LogP contribution is -2.45. The Morgan fingerprint density at radius 2 is 1.75 bits per heavy atom. The number of piperidine rings is 1. The summed E-state index contributed by atoms with van der Waals surface area (Å²) in [5.74, 6) is 0. The number of hydrogen-bond donors (Lipinski definition) is 0. The van der Waals surface area contributed by atoms with E-state index in [-0.39, 0.29) is 17.8 Å². The summed E-state index contributed by atoms with van der Waals surface area (Å²) in [7, 11) is 5.35. The molecule has 1 saturated heterocycles. The Morgan fingerprint density at radius 3 is 2.47 bits per heavy atom. The SMILES string of the molecule is CN(C)C(=O)N1CCC(n2c(=O)n(C)c3c(-c4ccc5ccccc5c4)ccnc32)CC1. The number of carbonyl (C=O) groups is 1. The van der Waals surface area contributed by atoms with E-state index in [0.29, 0.717) is 18.7 Å². The third kappa shape index (κ3) is 3.25. The van der Waals surface area contributed by atoms with Gasteiger partial charge in [-0.05, 0) is 41.3 Å². The number of hydrogen-bond acceptors (Lipinski definition) is 3. The largest absolute Gasteiger partial charge is 0.331 e. The molecule has 0 aliphatic carbocycles. The van der Waals surface area contributed by atoms with Gasteiger partial charge in [-0.1, -0.05) is 36.4 Å². The summed E-state index contributed by atoms with van der Waals surface area (Å²) >= 11 is 0. The van der Waals surface area contributed by atoms with Crippen molar-refractivity contribution >= 4 is 28.0 Å². The lowest BCUT2D eigenvalue weighted by molar-refractivity contribution is 0.148. The zero-order chi connectivity index (χ0) is 22.4. The topological polar surface area (TPSA) is 63.4 Å². The van der Waals surface area contributed by atoms with Gasteiger partial charge < -0.3 is 9.80 Å². The van der Waals surface area contributed by atoms with Gasteiger partial charge in [-0.15, -0.1) is 0 Å². The second-order valence-corrected chi connectivity index (χ2v) is 8.70. The second-order valence-electron chi connectivity index (χ2n) is 8.70. The maximum Gasteiger partial charge on any atom is 0.330 e. The number of aromatic nitrogens is 3. The molecular formula is C25H27N5O2. The van der Waals surface area contributed by atoms with E-state index in [1.807, 2.05) is 34.7 Å². The minimum atomic E-state index is -0.0573. The van der Waals surface area contributed by atoms with E-state index in [1.165, 1.54) is 5.39 Å². The number of aryl methyl sites for hydroxylation is 1. The fourth-order valence-electron chi connectivity index (χ4n) is 4.81. The number of benzene rings is 2. The summed E-state index contributed by atoms with van der Waals surface area (Å²) < 4.78 is 3.54. The van der Waals surface area contributed by atoms with Crippen LogP contribution in [0.3, 0.4) is 0 Å². The number of urea groups is 1. The molecule has 3 heterocycles. The zero-order valence-corrected chi connectivity index (χ0v) is 18.7. The molecule has 1 fully saturated rings. The van der Waals surface area contributed by atoms with Crippen molar-refractivity contribution in [2.75, 3.05) is 27.2 Å². The van der Waals surface area contributed by atoms with Gasteiger partial charge in [0.2, 0.25) is 0 Å². The van der Waals surface area contributed by atoms with Crippen LogP contribution in [0.25, 0.3) is 33.1 Å². The van der Waals surface area contributed by atoms with Crippen LogP contribution in [0.2, 0.25) is 0 Å². The van der Waals surface area contributed by atoms with Crippen LogP contribution in [0, 0.1) is 0 Å². The molecule has 1 aliphatic heterocycles. The number of imidazole rings is 1. The molecule has 5 rings (SSSR count). The quantitative estimate of drug-likeness (QED) is 0.486. The molecule has 2 amide bonds. The van der Waals surface area contributed by atoms with E-state index in [9.17, 15) is 9.59 Å². The van der Waals surface area contributed by atoms with E-state index in [0.717, 1.165) is 34.9 Å². The average Bonchev–Trinajstić information content (AvgIpc) is 3.08. The van der Waals surface area contributed by atoms with Crippen LogP contribution in [0.1, 0.15) is 18.9 Å². The first kappa shape index (κ1) is 20.3. The summed E-state index contributed by atoms with van der Waals surface area (Å²) in [5.41, 5.74) is 3.56. The molecule has 0 saturated carbocycles. The van der Waals surface area contributed by atoms with Crippen molar-refractivity contribution in [3.8, 4) is 11.1 Å². The summed E-state index contributed by atoms with van der Waals surface area (Å²) in [6.07, 6.45) is 3.26. The fraction of sp³-hybridized carbons (Fsp3) is 0.320. The van der Waals surface area contributed by atoms with Crippen molar-refractivity contribution in [3.63, 3.8) is 0 Å². The molecule has 0 radical (unpaired) electrons. The molecule has 1 aliphatic rings. The maximum absolute atomic E-state index is 13.3. The van der Waals surface area contributed by atoms with Crippen LogP contribution in [0.5, 0.6) is 0 Å². The van der Waals surface area contributed by atoms with Crippen LogP contribution in [0.15, 0.2) is 59.5 Å². The standard InChI is InChI=1S/C25H27N5O2/c1-27(2)24(31)29-14-11-20(12-15-29)30-23-22(28(3)25(30)32)21(10-13-26-23)19-9-8-17-6-4-5-7-18(17)16-19/h4-10,13,16,20H,11-12,14-15H2,1-3H3. The molecule has 4 aromatic rings. The van der Waals surface area contributed by atoms with Gasteiger partial charge in [-0.25, -0.2) is 14.6 Å². The molecule has 7 nitrogen and oxygen atoms in total. The van der Waals surface area contributed by atoms with Gasteiger partial charge in [-0.2, -0.15) is 0 Å². The fourth-order valence-corrected chi connectivity index (χ4v) is 4.81. The van der Waals surface area contributed by atoms with Crippen molar-refractivity contribution in [2.24, 2.45) is 7.05 Å². The summed E-state index contributed by atoms with van der Waals surface area (Å²) in [6.45, 7) is 1.27. The van der Waals surface area contributed by atoms with Crippen LogP contribution >= 0.6 is 0 Å². The second kappa shape index (κ2) is 7.82. The Kier molecular flexibility index (Phi) is 4.96. The molecule has 2 aromatic carbocycles. The van der Waals surface area contributed by atoms with E-state index in [2.05, 4.69) is 35.3 Å². The minimum absolute atomic E-state index is 0.0189. The van der Waals surface area contributed by atoms with Gasteiger partial charge >= 0.3 is 11.7 Å². The number of likely N-dealkylation sites (tertiary alicyclic amines) is 1. The number of carbonyl (C=O) groups excluding carboxylic acids is 1. The molecule has 2 aromatic heterocycles. The number of rotatable bonds is 2. The van der Waals surface area contributed by atoms with E-state index >= 15 is 0 Å². The predicted molar refractivity (Wildman–Crippen MR) is 127 cm³/mol. The van der Waals surface area contributed by atoms with Crippen LogP contribution in [0.4, 0.5) is 4.79 Å². The molecule has 0 unspecified atom stereocenters. The normalized spacial score (nSPS) is 14.9. The predicted octanol–water partition coefficient (Wildman–Crippen LogP) is 3.87. The third-order valence-electron chi connectivity index (χ3n) is 6.50. The number of pyridine rings is 1. The smallest absolute Gasteiger partial charge is 0.330 e. The number of amides is 2.